The molecule has 19 heavy (non-hydrogen) atoms. The summed E-state index contributed by atoms with van der Waals surface area (Å²) in [7, 11) is 0. The quantitative estimate of drug-likeness (QED) is 0.821. The van der Waals surface area contributed by atoms with Crippen molar-refractivity contribution in [2.24, 2.45) is 0 Å². The molecule has 1 atom stereocenters. The van der Waals surface area contributed by atoms with E-state index in [2.05, 4.69) is 5.32 Å². The molecule has 1 aromatic rings. The van der Waals surface area contributed by atoms with Crippen LogP contribution in [0.3, 0.4) is 0 Å². The van der Waals surface area contributed by atoms with Gasteiger partial charge in [-0.3, -0.25) is 0 Å². The summed E-state index contributed by atoms with van der Waals surface area (Å²) in [4.78, 5) is 0. The fraction of sp³-hybridized carbons (Fsp3) is 0.600. The van der Waals surface area contributed by atoms with Gasteiger partial charge in [0.1, 0.15) is 11.6 Å². The Balaban J connectivity index is 2.89. The molecule has 108 valence electrons. The predicted molar refractivity (Wildman–Crippen MR) is 73.2 cm³/mol. The van der Waals surface area contributed by atoms with Gasteiger partial charge in [0.15, 0.2) is 0 Å². The van der Waals surface area contributed by atoms with E-state index in [0.717, 1.165) is 12.6 Å². The molecule has 0 aliphatic heterocycles. The van der Waals surface area contributed by atoms with E-state index in [1.807, 2.05) is 27.7 Å². The number of halogens is 2. The Labute approximate surface area is 114 Å². The second-order valence-corrected chi connectivity index (χ2v) is 5.09. The summed E-state index contributed by atoms with van der Waals surface area (Å²) in [5.41, 5.74) is 0.0890. The van der Waals surface area contributed by atoms with E-state index in [-0.39, 0.29) is 6.04 Å². The average Bonchev–Trinajstić information content (AvgIpc) is 2.31. The van der Waals surface area contributed by atoms with Crippen LogP contribution in [0.4, 0.5) is 8.78 Å². The molecule has 0 aliphatic rings. The predicted octanol–water partition coefficient (Wildman–Crippen LogP) is 3.30. The largest absolute Gasteiger partial charge is 0.374 e. The van der Waals surface area contributed by atoms with Crippen molar-refractivity contribution in [3.63, 3.8) is 0 Å². The lowest BCUT2D eigenvalue weighted by Gasteiger charge is -2.35. The number of benzene rings is 1. The van der Waals surface area contributed by atoms with Crippen molar-refractivity contribution < 1.29 is 13.5 Å². The van der Waals surface area contributed by atoms with Crippen molar-refractivity contribution >= 4 is 0 Å². The summed E-state index contributed by atoms with van der Waals surface area (Å²) >= 11 is 0. The molecular weight excluding hydrogens is 248 g/mol. The van der Waals surface area contributed by atoms with Crippen LogP contribution in [0.5, 0.6) is 0 Å². The summed E-state index contributed by atoms with van der Waals surface area (Å²) in [6.07, 6.45) is 0.465. The number of hydrogen-bond donors (Lipinski definition) is 1. The Bertz CT molecular complexity index is 407. The van der Waals surface area contributed by atoms with E-state index in [0.29, 0.717) is 18.6 Å². The molecule has 4 heteroatoms. The first-order valence-electron chi connectivity index (χ1n) is 6.72. The highest BCUT2D eigenvalue weighted by molar-refractivity contribution is 5.20. The third-order valence-electron chi connectivity index (χ3n) is 3.25. The average molecular weight is 271 g/mol. The van der Waals surface area contributed by atoms with Gasteiger partial charge in [-0.25, -0.2) is 8.78 Å². The first kappa shape index (κ1) is 16.1. The second kappa shape index (κ2) is 6.96. The van der Waals surface area contributed by atoms with Gasteiger partial charge in [-0.2, -0.15) is 0 Å². The van der Waals surface area contributed by atoms with Gasteiger partial charge in [-0.1, -0.05) is 13.0 Å². The lowest BCUT2D eigenvalue weighted by Crippen LogP contribution is -2.50. The maximum absolute atomic E-state index is 13.7. The number of ether oxygens (including phenoxy) is 1. The minimum absolute atomic E-state index is 0.0302. The van der Waals surface area contributed by atoms with Crippen molar-refractivity contribution in [3.8, 4) is 0 Å². The Morgan fingerprint density at radius 2 is 1.95 bits per heavy atom. The zero-order valence-electron chi connectivity index (χ0n) is 12.1. The lowest BCUT2D eigenvalue weighted by molar-refractivity contribution is -0.0378. The van der Waals surface area contributed by atoms with Crippen molar-refractivity contribution in [3.05, 3.63) is 35.4 Å². The van der Waals surface area contributed by atoms with E-state index in [1.54, 1.807) is 0 Å². The standard InChI is InChI=1S/C15H23F2NO/c1-5-18-14(15(3,4)19-6-2)9-11-7-8-12(16)10-13(11)17/h7-8,10,14,18H,5-6,9H2,1-4H3. The number of likely N-dealkylation sites (N-methyl/N-ethyl adjacent to an activating group) is 1. The summed E-state index contributed by atoms with van der Waals surface area (Å²) in [6, 6.07) is 3.68. The maximum atomic E-state index is 13.7. The van der Waals surface area contributed by atoms with Crippen molar-refractivity contribution in [1.29, 1.82) is 0 Å². The molecule has 0 bridgehead atoms. The van der Waals surface area contributed by atoms with Gasteiger partial charge in [-0.15, -0.1) is 0 Å². The van der Waals surface area contributed by atoms with Gasteiger partial charge in [-0.05, 0) is 45.4 Å². The van der Waals surface area contributed by atoms with Gasteiger partial charge in [0, 0.05) is 18.7 Å². The molecule has 1 aromatic carbocycles. The van der Waals surface area contributed by atoms with Gasteiger partial charge in [0.05, 0.1) is 5.60 Å². The van der Waals surface area contributed by atoms with Gasteiger partial charge >= 0.3 is 0 Å². The van der Waals surface area contributed by atoms with Crippen molar-refractivity contribution in [2.75, 3.05) is 13.2 Å². The molecule has 0 aliphatic carbocycles. The van der Waals surface area contributed by atoms with Crippen LogP contribution >= 0.6 is 0 Å². The summed E-state index contributed by atoms with van der Waals surface area (Å²) < 4.78 is 32.3. The zero-order chi connectivity index (χ0) is 14.5. The molecule has 0 saturated heterocycles. The van der Waals surface area contributed by atoms with Crippen LogP contribution in [-0.2, 0) is 11.2 Å². The Hall–Kier alpha value is -1.00. The molecule has 0 saturated carbocycles. The van der Waals surface area contributed by atoms with Gasteiger partial charge < -0.3 is 10.1 Å². The fourth-order valence-electron chi connectivity index (χ4n) is 2.19. The highest BCUT2D eigenvalue weighted by atomic mass is 19.1. The van der Waals surface area contributed by atoms with Crippen LogP contribution in [0.25, 0.3) is 0 Å². The Kier molecular flexibility index (Phi) is 5.88. The topological polar surface area (TPSA) is 21.3 Å². The fourth-order valence-corrected chi connectivity index (χ4v) is 2.19. The summed E-state index contributed by atoms with van der Waals surface area (Å²) in [5, 5.41) is 3.31. The van der Waals surface area contributed by atoms with Crippen LogP contribution in [0.15, 0.2) is 18.2 Å². The van der Waals surface area contributed by atoms with Crippen molar-refractivity contribution in [2.45, 2.75) is 45.8 Å². The third-order valence-corrected chi connectivity index (χ3v) is 3.25. The normalized spacial score (nSPS) is 13.6. The van der Waals surface area contributed by atoms with Crippen molar-refractivity contribution in [1.82, 2.24) is 5.32 Å². The molecule has 1 rings (SSSR count). The zero-order valence-corrected chi connectivity index (χ0v) is 12.1. The highest BCUT2D eigenvalue weighted by Gasteiger charge is 2.30. The third kappa shape index (κ3) is 4.55. The number of nitrogens with one attached hydrogen (secondary N) is 1. The first-order chi connectivity index (χ1) is 8.90. The van der Waals surface area contributed by atoms with E-state index in [1.165, 1.54) is 12.1 Å². The van der Waals surface area contributed by atoms with Crippen LogP contribution in [0.2, 0.25) is 0 Å². The van der Waals surface area contributed by atoms with Crippen LogP contribution in [0.1, 0.15) is 33.3 Å². The Morgan fingerprint density at radius 3 is 2.47 bits per heavy atom. The molecule has 0 amide bonds. The van der Waals surface area contributed by atoms with Crippen LogP contribution in [-0.4, -0.2) is 24.8 Å². The minimum atomic E-state index is -0.551. The maximum Gasteiger partial charge on any atom is 0.129 e. The van der Waals surface area contributed by atoms with Gasteiger partial charge in [0.25, 0.3) is 0 Å². The highest BCUT2D eigenvalue weighted by Crippen LogP contribution is 2.21. The van der Waals surface area contributed by atoms with Crippen LogP contribution < -0.4 is 5.32 Å². The molecule has 1 N–H and O–H groups in total. The van der Waals surface area contributed by atoms with E-state index < -0.39 is 17.2 Å². The molecule has 0 fully saturated rings. The van der Waals surface area contributed by atoms with E-state index in [9.17, 15) is 8.78 Å². The summed E-state index contributed by atoms with van der Waals surface area (Å²) in [5.74, 6) is -1.06. The molecule has 0 spiro atoms. The molecule has 1 unspecified atom stereocenters. The SMILES string of the molecule is CCNC(Cc1ccc(F)cc1F)C(C)(C)OCC. The lowest BCUT2D eigenvalue weighted by atomic mass is 9.91. The molecule has 0 heterocycles. The first-order valence-corrected chi connectivity index (χ1v) is 6.72. The number of hydrogen-bond acceptors (Lipinski definition) is 2. The second-order valence-electron chi connectivity index (χ2n) is 5.09. The van der Waals surface area contributed by atoms with Crippen LogP contribution in [0, 0.1) is 11.6 Å². The molecule has 2 nitrogen and oxygen atoms in total. The minimum Gasteiger partial charge on any atom is -0.374 e. The molecular formula is C15H23F2NO. The summed E-state index contributed by atoms with van der Waals surface area (Å²) in [6.45, 7) is 9.25. The molecule has 0 aromatic heterocycles. The monoisotopic (exact) mass is 271 g/mol. The number of rotatable bonds is 7. The smallest absolute Gasteiger partial charge is 0.129 e. The molecule has 0 radical (unpaired) electrons. The van der Waals surface area contributed by atoms with E-state index in [4.69, 9.17) is 4.74 Å². The van der Waals surface area contributed by atoms with E-state index >= 15 is 0 Å². The Morgan fingerprint density at radius 1 is 1.26 bits per heavy atom. The van der Waals surface area contributed by atoms with Gasteiger partial charge in [0.2, 0.25) is 0 Å².